The molecule has 0 radical (unpaired) electrons. The van der Waals surface area contributed by atoms with Crippen molar-refractivity contribution >= 4 is 33.8 Å². The lowest BCUT2D eigenvalue weighted by Gasteiger charge is -2.33. The van der Waals surface area contributed by atoms with Crippen LogP contribution >= 0.6 is 11.3 Å². The van der Waals surface area contributed by atoms with Crippen molar-refractivity contribution in [1.82, 2.24) is 15.3 Å². The minimum atomic E-state index is -0.261. The zero-order valence-corrected chi connectivity index (χ0v) is 15.9. The number of rotatable bonds is 4. The molecule has 0 unspecified atom stereocenters. The fraction of sp³-hybridized carbons (Fsp3) is 0.350. The predicted octanol–water partition coefficient (Wildman–Crippen LogP) is 3.67. The lowest BCUT2D eigenvalue weighted by Crippen LogP contribution is -2.40. The van der Waals surface area contributed by atoms with Crippen LogP contribution in [0.4, 0.5) is 10.1 Å². The largest absolute Gasteiger partial charge is 0.371 e. The molecule has 27 heavy (non-hydrogen) atoms. The number of hydrogen-bond acceptors (Lipinski definition) is 5. The van der Waals surface area contributed by atoms with Crippen molar-refractivity contribution in [2.24, 2.45) is 5.92 Å². The second-order valence-corrected chi connectivity index (χ2v) is 7.80. The van der Waals surface area contributed by atoms with E-state index in [-0.39, 0.29) is 17.6 Å². The third-order valence-electron chi connectivity index (χ3n) is 4.97. The molecule has 3 aromatic rings. The van der Waals surface area contributed by atoms with Crippen LogP contribution in [0.3, 0.4) is 0 Å². The first-order valence-corrected chi connectivity index (χ1v) is 9.96. The number of carbonyl (C=O) groups is 1. The number of pyridine rings is 1. The Labute approximate surface area is 161 Å². The van der Waals surface area contributed by atoms with Gasteiger partial charge in [-0.2, -0.15) is 0 Å². The van der Waals surface area contributed by atoms with Crippen molar-refractivity contribution in [1.29, 1.82) is 0 Å². The van der Waals surface area contributed by atoms with E-state index >= 15 is 0 Å². The number of nitrogens with zero attached hydrogens (tertiary/aromatic N) is 3. The summed E-state index contributed by atoms with van der Waals surface area (Å²) in [5, 5.41) is 6.75. The summed E-state index contributed by atoms with van der Waals surface area (Å²) in [6.07, 6.45) is 3.31. The summed E-state index contributed by atoms with van der Waals surface area (Å²) in [5.41, 5.74) is 2.75. The number of benzene rings is 1. The van der Waals surface area contributed by atoms with Gasteiger partial charge in [0.25, 0.3) is 0 Å². The maximum absolute atomic E-state index is 13.7. The molecule has 1 aromatic carbocycles. The topological polar surface area (TPSA) is 58.1 Å². The van der Waals surface area contributed by atoms with Crippen LogP contribution in [0.5, 0.6) is 0 Å². The van der Waals surface area contributed by atoms with Crippen molar-refractivity contribution in [3.8, 4) is 0 Å². The number of halogens is 1. The molecule has 0 spiro atoms. The van der Waals surface area contributed by atoms with Crippen LogP contribution in [-0.2, 0) is 11.3 Å². The molecule has 1 N–H and O–H groups in total. The lowest BCUT2D eigenvalue weighted by atomic mass is 9.95. The Bertz CT molecular complexity index is 966. The molecule has 0 aliphatic carbocycles. The molecule has 1 aliphatic rings. The fourth-order valence-electron chi connectivity index (χ4n) is 3.55. The molecular weight excluding hydrogens is 363 g/mol. The van der Waals surface area contributed by atoms with E-state index in [9.17, 15) is 9.18 Å². The fourth-order valence-corrected chi connectivity index (χ4v) is 4.26. The summed E-state index contributed by atoms with van der Waals surface area (Å²) < 4.78 is 13.7. The molecule has 3 heterocycles. The predicted molar refractivity (Wildman–Crippen MR) is 105 cm³/mol. The molecule has 0 bridgehead atoms. The van der Waals surface area contributed by atoms with Crippen molar-refractivity contribution in [2.75, 3.05) is 18.0 Å². The van der Waals surface area contributed by atoms with Crippen molar-refractivity contribution < 1.29 is 9.18 Å². The monoisotopic (exact) mass is 384 g/mol. The van der Waals surface area contributed by atoms with E-state index in [0.717, 1.165) is 53.2 Å². The highest BCUT2D eigenvalue weighted by atomic mass is 32.1. The number of amides is 1. The highest BCUT2D eigenvalue weighted by molar-refractivity contribution is 7.09. The van der Waals surface area contributed by atoms with E-state index in [4.69, 9.17) is 0 Å². The van der Waals surface area contributed by atoms with Gasteiger partial charge in [-0.15, -0.1) is 11.3 Å². The van der Waals surface area contributed by atoms with Crippen LogP contribution in [0.25, 0.3) is 10.9 Å². The van der Waals surface area contributed by atoms with E-state index in [1.54, 1.807) is 23.6 Å². The average molecular weight is 384 g/mol. The third-order valence-corrected chi connectivity index (χ3v) is 5.93. The van der Waals surface area contributed by atoms with Gasteiger partial charge in [0.1, 0.15) is 10.8 Å². The quantitative estimate of drug-likeness (QED) is 0.746. The molecule has 2 aromatic heterocycles. The van der Waals surface area contributed by atoms with Gasteiger partial charge in [0, 0.05) is 47.4 Å². The van der Waals surface area contributed by atoms with E-state index in [1.165, 1.54) is 12.1 Å². The number of thiazole rings is 1. The van der Waals surface area contributed by atoms with Crippen molar-refractivity contribution in [2.45, 2.75) is 26.3 Å². The summed E-state index contributed by atoms with van der Waals surface area (Å²) in [4.78, 5) is 23.4. The maximum Gasteiger partial charge on any atom is 0.223 e. The molecule has 1 aliphatic heterocycles. The normalized spacial score (nSPS) is 15.3. The molecule has 1 amide bonds. The summed E-state index contributed by atoms with van der Waals surface area (Å²) in [7, 11) is 0. The number of nitrogens with one attached hydrogen (secondary N) is 1. The second kappa shape index (κ2) is 7.60. The number of carbonyl (C=O) groups excluding carboxylic acids is 1. The SMILES string of the molecule is Cc1csc(CNC(=O)C2CCN(c3ccnc4ccc(F)cc34)CC2)n1. The minimum absolute atomic E-state index is 0.00662. The molecule has 0 atom stereocenters. The molecule has 1 fully saturated rings. The first-order chi connectivity index (χ1) is 13.1. The van der Waals surface area contributed by atoms with E-state index in [2.05, 4.69) is 20.2 Å². The van der Waals surface area contributed by atoms with Gasteiger partial charge in [-0.25, -0.2) is 9.37 Å². The number of aryl methyl sites for hydroxylation is 1. The number of hydrogen-bond donors (Lipinski definition) is 1. The Balaban J connectivity index is 1.39. The maximum atomic E-state index is 13.7. The Morgan fingerprint density at radius 3 is 2.89 bits per heavy atom. The molecule has 5 nitrogen and oxygen atoms in total. The molecular formula is C20H21FN4OS. The Hall–Kier alpha value is -2.54. The summed E-state index contributed by atoms with van der Waals surface area (Å²) >= 11 is 1.57. The van der Waals surface area contributed by atoms with E-state index in [1.807, 2.05) is 18.4 Å². The number of aromatic nitrogens is 2. The smallest absolute Gasteiger partial charge is 0.223 e. The van der Waals surface area contributed by atoms with E-state index < -0.39 is 0 Å². The van der Waals surface area contributed by atoms with Crippen LogP contribution in [0.2, 0.25) is 0 Å². The molecule has 1 saturated heterocycles. The lowest BCUT2D eigenvalue weighted by molar-refractivity contribution is -0.125. The molecule has 140 valence electrons. The zero-order chi connectivity index (χ0) is 18.8. The van der Waals surface area contributed by atoms with Gasteiger partial charge in [-0.05, 0) is 44.0 Å². The summed E-state index contributed by atoms with van der Waals surface area (Å²) in [6.45, 7) is 3.98. The minimum Gasteiger partial charge on any atom is -0.371 e. The Morgan fingerprint density at radius 2 is 2.15 bits per heavy atom. The highest BCUT2D eigenvalue weighted by Crippen LogP contribution is 2.29. The summed E-state index contributed by atoms with van der Waals surface area (Å²) in [6, 6.07) is 6.59. The van der Waals surface area contributed by atoms with Crippen molar-refractivity contribution in [3.05, 3.63) is 52.4 Å². The Kier molecular flexibility index (Phi) is 5.03. The number of fused-ring (bicyclic) bond motifs is 1. The van der Waals surface area contributed by atoms with Crippen LogP contribution in [0, 0.1) is 18.7 Å². The van der Waals surface area contributed by atoms with Crippen LogP contribution in [0.15, 0.2) is 35.8 Å². The molecule has 4 rings (SSSR count). The van der Waals surface area contributed by atoms with Gasteiger partial charge in [0.2, 0.25) is 5.91 Å². The third kappa shape index (κ3) is 3.93. The van der Waals surface area contributed by atoms with Crippen LogP contribution in [-0.4, -0.2) is 29.0 Å². The van der Waals surface area contributed by atoms with Gasteiger partial charge in [-0.1, -0.05) is 0 Å². The average Bonchev–Trinajstić information content (AvgIpc) is 3.11. The zero-order valence-electron chi connectivity index (χ0n) is 15.1. The first kappa shape index (κ1) is 17.9. The number of anilines is 1. The molecule has 0 saturated carbocycles. The second-order valence-electron chi connectivity index (χ2n) is 6.85. The van der Waals surface area contributed by atoms with Gasteiger partial charge in [-0.3, -0.25) is 9.78 Å². The first-order valence-electron chi connectivity index (χ1n) is 9.08. The molecule has 7 heteroatoms. The van der Waals surface area contributed by atoms with Crippen LogP contribution in [0.1, 0.15) is 23.5 Å². The van der Waals surface area contributed by atoms with E-state index in [0.29, 0.717) is 6.54 Å². The van der Waals surface area contributed by atoms with Crippen molar-refractivity contribution in [3.63, 3.8) is 0 Å². The van der Waals surface area contributed by atoms with Gasteiger partial charge >= 0.3 is 0 Å². The van der Waals surface area contributed by atoms with Gasteiger partial charge in [0.05, 0.1) is 12.1 Å². The highest BCUT2D eigenvalue weighted by Gasteiger charge is 2.26. The standard InChI is InChI=1S/C20H21FN4OS/c1-13-12-27-19(24-13)11-23-20(26)14-5-8-25(9-6-14)18-4-7-22-17-3-2-15(21)10-16(17)18/h2-4,7,10,12,14H,5-6,8-9,11H2,1H3,(H,23,26). The van der Waals surface area contributed by atoms with Gasteiger partial charge < -0.3 is 10.2 Å². The number of piperidine rings is 1. The summed E-state index contributed by atoms with van der Waals surface area (Å²) in [5.74, 6) is -0.163. The Morgan fingerprint density at radius 1 is 1.33 bits per heavy atom. The van der Waals surface area contributed by atoms with Crippen LogP contribution < -0.4 is 10.2 Å². The van der Waals surface area contributed by atoms with Gasteiger partial charge in [0.15, 0.2) is 0 Å².